The van der Waals surface area contributed by atoms with Crippen LogP contribution in [0.1, 0.15) is 19.8 Å². The quantitative estimate of drug-likeness (QED) is 0.786. The lowest BCUT2D eigenvalue weighted by Gasteiger charge is -2.23. The molecule has 86 valence electrons. The zero-order valence-electron chi connectivity index (χ0n) is 9.10. The Morgan fingerprint density at radius 1 is 1.53 bits per heavy atom. The fourth-order valence-corrected chi connectivity index (χ4v) is 2.33. The van der Waals surface area contributed by atoms with Crippen LogP contribution in [0, 0.1) is 5.92 Å². The zero-order valence-corrected chi connectivity index (χ0v) is 9.92. The summed E-state index contributed by atoms with van der Waals surface area (Å²) in [5.41, 5.74) is 0. The van der Waals surface area contributed by atoms with Gasteiger partial charge in [-0.3, -0.25) is 9.59 Å². The topological polar surface area (TPSA) is 57.6 Å². The van der Waals surface area contributed by atoms with E-state index in [1.165, 1.54) is 0 Å². The van der Waals surface area contributed by atoms with Gasteiger partial charge in [0.25, 0.3) is 0 Å². The summed E-state index contributed by atoms with van der Waals surface area (Å²) in [7, 11) is 0. The number of thioether (sulfide) groups is 1. The summed E-state index contributed by atoms with van der Waals surface area (Å²) in [6.45, 7) is 2.41. The molecule has 0 aliphatic carbocycles. The van der Waals surface area contributed by atoms with Gasteiger partial charge in [0, 0.05) is 24.8 Å². The van der Waals surface area contributed by atoms with Crippen molar-refractivity contribution in [2.45, 2.75) is 25.8 Å². The normalized spacial score (nSPS) is 25.6. The molecule has 0 aromatic rings. The molecule has 2 atom stereocenters. The molecular weight excluding hydrogens is 214 g/mol. The number of aliphatic carboxylic acids is 1. The van der Waals surface area contributed by atoms with Crippen molar-refractivity contribution >= 4 is 23.6 Å². The third kappa shape index (κ3) is 2.87. The summed E-state index contributed by atoms with van der Waals surface area (Å²) in [5, 5.41) is 8.92. The standard InChI is InChI=1S/C10H17NO3S/c1-7-8(10(13)14)3-5-11(7)9(12)4-6-15-2/h7-8H,3-6H2,1-2H3,(H,13,14). The number of rotatable bonds is 4. The van der Waals surface area contributed by atoms with Crippen molar-refractivity contribution in [1.82, 2.24) is 4.90 Å². The first-order valence-electron chi connectivity index (χ1n) is 5.09. The molecule has 0 radical (unpaired) electrons. The fourth-order valence-electron chi connectivity index (χ4n) is 1.95. The molecule has 1 saturated heterocycles. The number of hydrogen-bond donors (Lipinski definition) is 1. The minimum atomic E-state index is -0.789. The van der Waals surface area contributed by atoms with Gasteiger partial charge in [-0.15, -0.1) is 0 Å². The summed E-state index contributed by atoms with van der Waals surface area (Å²) >= 11 is 1.63. The van der Waals surface area contributed by atoms with Crippen molar-refractivity contribution in [2.24, 2.45) is 5.92 Å². The molecule has 1 rings (SSSR count). The van der Waals surface area contributed by atoms with Crippen molar-refractivity contribution in [1.29, 1.82) is 0 Å². The second kappa shape index (κ2) is 5.39. The molecule has 4 nitrogen and oxygen atoms in total. The highest BCUT2D eigenvalue weighted by Gasteiger charge is 2.37. The van der Waals surface area contributed by atoms with Crippen molar-refractivity contribution in [3.8, 4) is 0 Å². The summed E-state index contributed by atoms with van der Waals surface area (Å²) < 4.78 is 0. The number of nitrogens with zero attached hydrogens (tertiary/aromatic N) is 1. The molecule has 1 heterocycles. The maximum Gasteiger partial charge on any atom is 0.308 e. The molecule has 15 heavy (non-hydrogen) atoms. The minimum absolute atomic E-state index is 0.0839. The van der Waals surface area contributed by atoms with Crippen LogP contribution in [0.4, 0.5) is 0 Å². The summed E-state index contributed by atoms with van der Waals surface area (Å²) in [5.74, 6) is -0.286. The van der Waals surface area contributed by atoms with E-state index >= 15 is 0 Å². The van der Waals surface area contributed by atoms with Gasteiger partial charge in [0.1, 0.15) is 0 Å². The van der Waals surface area contributed by atoms with Gasteiger partial charge >= 0.3 is 5.97 Å². The Kier molecular flexibility index (Phi) is 4.45. The third-order valence-corrected chi connectivity index (χ3v) is 3.52. The fraction of sp³-hybridized carbons (Fsp3) is 0.800. The summed E-state index contributed by atoms with van der Waals surface area (Å²) in [6.07, 6.45) is 3.06. The first kappa shape index (κ1) is 12.4. The number of hydrogen-bond acceptors (Lipinski definition) is 3. The van der Waals surface area contributed by atoms with Crippen LogP contribution in [0.15, 0.2) is 0 Å². The van der Waals surface area contributed by atoms with Gasteiger partial charge in [0.15, 0.2) is 0 Å². The summed E-state index contributed by atoms with van der Waals surface area (Å²) in [6, 6.07) is -0.156. The van der Waals surface area contributed by atoms with Crippen LogP contribution in [0.2, 0.25) is 0 Å². The van der Waals surface area contributed by atoms with Gasteiger partial charge in [-0.1, -0.05) is 0 Å². The van der Waals surface area contributed by atoms with Crippen LogP contribution < -0.4 is 0 Å². The number of carboxylic acid groups (broad SMARTS) is 1. The molecule has 5 heteroatoms. The van der Waals surface area contributed by atoms with Crippen LogP contribution >= 0.6 is 11.8 Å². The third-order valence-electron chi connectivity index (χ3n) is 2.91. The van der Waals surface area contributed by atoms with Crippen molar-refractivity contribution in [3.63, 3.8) is 0 Å². The van der Waals surface area contributed by atoms with Crippen molar-refractivity contribution < 1.29 is 14.7 Å². The van der Waals surface area contributed by atoms with E-state index in [-0.39, 0.29) is 17.9 Å². The Balaban J connectivity index is 2.51. The molecule has 0 spiro atoms. The van der Waals surface area contributed by atoms with Gasteiger partial charge in [0.05, 0.1) is 5.92 Å². The Morgan fingerprint density at radius 3 is 2.67 bits per heavy atom. The number of amides is 1. The molecule has 1 fully saturated rings. The van der Waals surface area contributed by atoms with E-state index in [9.17, 15) is 9.59 Å². The largest absolute Gasteiger partial charge is 0.481 e. The molecule has 0 saturated carbocycles. The summed E-state index contributed by atoms with van der Waals surface area (Å²) in [4.78, 5) is 24.3. The Bertz CT molecular complexity index is 257. The highest BCUT2D eigenvalue weighted by molar-refractivity contribution is 7.98. The average molecular weight is 231 g/mol. The minimum Gasteiger partial charge on any atom is -0.481 e. The smallest absolute Gasteiger partial charge is 0.308 e. The second-order valence-corrected chi connectivity index (χ2v) is 4.79. The Morgan fingerprint density at radius 2 is 2.20 bits per heavy atom. The van der Waals surface area contributed by atoms with Crippen molar-refractivity contribution in [3.05, 3.63) is 0 Å². The molecule has 1 aliphatic heterocycles. The predicted molar refractivity (Wildman–Crippen MR) is 59.9 cm³/mol. The molecule has 0 bridgehead atoms. The van der Waals surface area contributed by atoms with Gasteiger partial charge in [0.2, 0.25) is 5.91 Å². The van der Waals surface area contributed by atoms with E-state index < -0.39 is 5.97 Å². The SMILES string of the molecule is CSCCC(=O)N1CCC(C(=O)O)C1C. The highest BCUT2D eigenvalue weighted by Crippen LogP contribution is 2.25. The van der Waals surface area contributed by atoms with E-state index in [4.69, 9.17) is 5.11 Å². The van der Waals surface area contributed by atoms with Crippen LogP contribution in [0.25, 0.3) is 0 Å². The first-order valence-corrected chi connectivity index (χ1v) is 6.48. The number of carboxylic acids is 1. The maximum atomic E-state index is 11.7. The molecule has 0 aromatic heterocycles. The van der Waals surface area contributed by atoms with Gasteiger partial charge < -0.3 is 10.0 Å². The van der Waals surface area contributed by atoms with Crippen LogP contribution in [-0.2, 0) is 9.59 Å². The van der Waals surface area contributed by atoms with Crippen LogP contribution in [0.5, 0.6) is 0 Å². The van der Waals surface area contributed by atoms with E-state index in [0.29, 0.717) is 19.4 Å². The van der Waals surface area contributed by atoms with Gasteiger partial charge in [-0.25, -0.2) is 0 Å². The van der Waals surface area contributed by atoms with Crippen LogP contribution in [0.3, 0.4) is 0 Å². The van der Waals surface area contributed by atoms with E-state index in [1.807, 2.05) is 13.2 Å². The predicted octanol–water partition coefficient (Wildman–Crippen LogP) is 1.06. The number of carbonyl (C=O) groups excluding carboxylic acids is 1. The Labute approximate surface area is 94.0 Å². The first-order chi connectivity index (χ1) is 7.07. The zero-order chi connectivity index (χ0) is 11.4. The van der Waals surface area contributed by atoms with E-state index in [0.717, 1.165) is 5.75 Å². The van der Waals surface area contributed by atoms with Crippen molar-refractivity contribution in [2.75, 3.05) is 18.6 Å². The lowest BCUT2D eigenvalue weighted by molar-refractivity contribution is -0.143. The maximum absolute atomic E-state index is 11.7. The molecule has 1 amide bonds. The molecule has 0 aromatic carbocycles. The van der Waals surface area contributed by atoms with E-state index in [1.54, 1.807) is 16.7 Å². The van der Waals surface area contributed by atoms with E-state index in [2.05, 4.69) is 0 Å². The Hall–Kier alpha value is -0.710. The van der Waals surface area contributed by atoms with Crippen LogP contribution in [-0.4, -0.2) is 46.5 Å². The lowest BCUT2D eigenvalue weighted by atomic mass is 10.0. The molecular formula is C10H17NO3S. The number of carbonyl (C=O) groups is 2. The highest BCUT2D eigenvalue weighted by atomic mass is 32.2. The van der Waals surface area contributed by atoms with Gasteiger partial charge in [-0.2, -0.15) is 11.8 Å². The monoisotopic (exact) mass is 231 g/mol. The average Bonchev–Trinajstić information content (AvgIpc) is 2.56. The second-order valence-electron chi connectivity index (χ2n) is 3.80. The van der Waals surface area contributed by atoms with Gasteiger partial charge in [-0.05, 0) is 19.6 Å². The lowest BCUT2D eigenvalue weighted by Crippen LogP contribution is -2.37. The molecule has 2 unspecified atom stereocenters. The number of likely N-dealkylation sites (tertiary alicyclic amines) is 1. The molecule has 1 N–H and O–H groups in total. The molecule has 1 aliphatic rings.